The number of rotatable bonds is 3. The third-order valence-electron chi connectivity index (χ3n) is 0.655. The van der Waals surface area contributed by atoms with Crippen LogP contribution in [0.2, 0.25) is 0 Å². The van der Waals surface area contributed by atoms with Gasteiger partial charge >= 0.3 is 19.2 Å². The Hall–Kier alpha value is -0.910. The second-order valence-electron chi connectivity index (χ2n) is 1.60. The first-order valence-electron chi connectivity index (χ1n) is 2.40. The zero-order valence-electron chi connectivity index (χ0n) is 5.22. The molecule has 11 heavy (non-hydrogen) atoms. The Morgan fingerprint density at radius 3 is 2.09 bits per heavy atom. The topological polar surface area (TPSA) is 124 Å². The second kappa shape index (κ2) is 3.47. The van der Waals surface area contributed by atoms with E-state index in [1.807, 2.05) is 0 Å². The lowest BCUT2D eigenvalue weighted by Crippen LogP contribution is -2.27. The summed E-state index contributed by atoms with van der Waals surface area (Å²) in [6.45, 7) is -0.802. The highest BCUT2D eigenvalue weighted by atomic mass is 31.2. The first-order chi connectivity index (χ1) is 4.84. The number of amides is 1. The van der Waals surface area contributed by atoms with E-state index in [-0.39, 0.29) is 0 Å². The molecule has 4 N–H and O–H groups in total. The van der Waals surface area contributed by atoms with Crippen molar-refractivity contribution in [3.63, 3.8) is 0 Å². The van der Waals surface area contributed by atoms with E-state index in [1.54, 1.807) is 0 Å². The van der Waals surface area contributed by atoms with Gasteiger partial charge in [0, 0.05) is 0 Å². The summed E-state index contributed by atoms with van der Waals surface area (Å²) in [6.07, 6.45) is 0. The molecule has 0 unspecified atom stereocenters. The Morgan fingerprint density at radius 1 is 1.36 bits per heavy atom. The fraction of sp³-hybridized carbons (Fsp3) is 0.333. The minimum absolute atomic E-state index is 0.802. The van der Waals surface area contributed by atoms with Crippen LogP contribution in [0.3, 0.4) is 0 Å². The summed E-state index contributed by atoms with van der Waals surface area (Å²) in [6, 6.07) is 0. The van der Waals surface area contributed by atoms with Crippen LogP contribution in [-0.2, 0) is 9.36 Å². The summed E-state index contributed by atoms with van der Waals surface area (Å²) in [5, 5.41) is 9.48. The molecule has 0 spiro atoms. The monoisotopic (exact) mass is 183 g/mol. The van der Waals surface area contributed by atoms with Gasteiger partial charge in [-0.3, -0.25) is 9.59 Å². The minimum Gasteiger partial charge on any atom is -0.480 e. The molecule has 0 aliphatic rings. The van der Waals surface area contributed by atoms with Gasteiger partial charge in [-0.25, -0.2) is 4.57 Å². The molecule has 0 aliphatic heterocycles. The molecule has 0 aromatic rings. The van der Waals surface area contributed by atoms with E-state index >= 15 is 0 Å². The maximum atomic E-state index is 10.2. The minimum atomic E-state index is -4.83. The molecule has 0 heterocycles. The molecule has 0 fully saturated rings. The fourth-order valence-electron chi connectivity index (χ4n) is 0.254. The molecule has 1 amide bonds. The van der Waals surface area contributed by atoms with Gasteiger partial charge in [0.25, 0.3) is 0 Å². The average Bonchev–Trinajstić information content (AvgIpc) is 1.80. The van der Waals surface area contributed by atoms with Crippen LogP contribution in [0.1, 0.15) is 0 Å². The van der Waals surface area contributed by atoms with Crippen molar-refractivity contribution in [2.45, 2.75) is 0 Å². The van der Waals surface area contributed by atoms with E-state index in [2.05, 4.69) is 0 Å². The quantitative estimate of drug-likeness (QED) is 0.414. The highest BCUT2D eigenvalue weighted by Gasteiger charge is 2.25. The van der Waals surface area contributed by atoms with E-state index in [4.69, 9.17) is 14.9 Å². The molecule has 0 saturated heterocycles. The molecule has 0 aromatic heterocycles. The number of carbonyl (C=O) groups excluding carboxylic acids is 1. The molecule has 0 atom stereocenters. The maximum Gasteiger partial charge on any atom is 0.413 e. The summed E-state index contributed by atoms with van der Waals surface area (Å²) < 4.78 is 10.0. The summed E-state index contributed by atoms with van der Waals surface area (Å²) in [5.41, 5.74) is -1.58. The summed E-state index contributed by atoms with van der Waals surface area (Å²) in [7, 11) is -4.83. The molecular weight excluding hydrogens is 177 g/mol. The van der Waals surface area contributed by atoms with Crippen molar-refractivity contribution in [1.82, 2.24) is 5.32 Å². The molecule has 0 radical (unpaired) electrons. The third-order valence-corrected chi connectivity index (χ3v) is 1.34. The van der Waals surface area contributed by atoms with Gasteiger partial charge in [0.2, 0.25) is 0 Å². The predicted octanol–water partition coefficient (Wildman–Crippen LogP) is -1.04. The number of carbonyl (C=O) groups is 2. The van der Waals surface area contributed by atoms with Crippen molar-refractivity contribution in [3.05, 3.63) is 0 Å². The molecule has 64 valence electrons. The number of aliphatic carboxylic acids is 1. The van der Waals surface area contributed by atoms with Gasteiger partial charge in [-0.2, -0.15) is 0 Å². The van der Waals surface area contributed by atoms with Crippen molar-refractivity contribution < 1.29 is 29.0 Å². The van der Waals surface area contributed by atoms with Gasteiger partial charge < -0.3 is 20.2 Å². The van der Waals surface area contributed by atoms with Crippen LogP contribution in [0.15, 0.2) is 0 Å². The predicted molar refractivity (Wildman–Crippen MR) is 33.1 cm³/mol. The average molecular weight is 183 g/mol. The van der Waals surface area contributed by atoms with Crippen LogP contribution in [0.4, 0.5) is 4.79 Å². The standard InChI is InChI=1S/C3H6NO6P/c5-2(6)1-4-3(7)11(8,9)10/h1H2,(H,4,7)(H,5,6)(H2,8,9,10). The zero-order valence-corrected chi connectivity index (χ0v) is 6.12. The first-order valence-corrected chi connectivity index (χ1v) is 4.01. The molecule has 0 saturated carbocycles. The van der Waals surface area contributed by atoms with Crippen LogP contribution in [0, 0.1) is 0 Å². The highest BCUT2D eigenvalue weighted by molar-refractivity contribution is 7.69. The second-order valence-corrected chi connectivity index (χ2v) is 3.09. The van der Waals surface area contributed by atoms with Crippen molar-refractivity contribution in [2.75, 3.05) is 6.54 Å². The molecule has 0 rings (SSSR count). The molecule has 7 nitrogen and oxygen atoms in total. The van der Waals surface area contributed by atoms with Gasteiger partial charge in [0.05, 0.1) is 0 Å². The largest absolute Gasteiger partial charge is 0.480 e. The Balaban J connectivity index is 3.91. The van der Waals surface area contributed by atoms with Gasteiger partial charge in [-0.05, 0) is 0 Å². The van der Waals surface area contributed by atoms with Crippen molar-refractivity contribution in [3.8, 4) is 0 Å². The van der Waals surface area contributed by atoms with Crippen LogP contribution >= 0.6 is 7.60 Å². The summed E-state index contributed by atoms with van der Waals surface area (Å²) in [4.78, 5) is 36.2. The lowest BCUT2D eigenvalue weighted by molar-refractivity contribution is -0.135. The number of hydrogen-bond donors (Lipinski definition) is 4. The van der Waals surface area contributed by atoms with Crippen molar-refractivity contribution >= 4 is 19.2 Å². The third kappa shape index (κ3) is 4.49. The van der Waals surface area contributed by atoms with Crippen molar-refractivity contribution in [1.29, 1.82) is 0 Å². The van der Waals surface area contributed by atoms with Gasteiger partial charge in [0.1, 0.15) is 6.54 Å². The van der Waals surface area contributed by atoms with E-state index in [0.29, 0.717) is 0 Å². The van der Waals surface area contributed by atoms with Crippen molar-refractivity contribution in [2.24, 2.45) is 0 Å². The Morgan fingerprint density at radius 2 is 1.82 bits per heavy atom. The van der Waals surface area contributed by atoms with Crippen LogP contribution in [0.5, 0.6) is 0 Å². The van der Waals surface area contributed by atoms with Gasteiger partial charge in [-0.1, -0.05) is 0 Å². The van der Waals surface area contributed by atoms with Crippen LogP contribution in [0.25, 0.3) is 0 Å². The van der Waals surface area contributed by atoms with Crippen LogP contribution in [-0.4, -0.2) is 33.1 Å². The zero-order chi connectivity index (χ0) is 9.07. The SMILES string of the molecule is O=C(O)CNC(=O)P(=O)(O)O. The van der Waals surface area contributed by atoms with E-state index in [9.17, 15) is 14.2 Å². The first kappa shape index (κ1) is 10.1. The Labute approximate surface area is 61.2 Å². The molecule has 8 heteroatoms. The van der Waals surface area contributed by atoms with E-state index in [1.165, 1.54) is 5.32 Å². The van der Waals surface area contributed by atoms with Gasteiger partial charge in [-0.15, -0.1) is 0 Å². The fourth-order valence-corrected chi connectivity index (χ4v) is 0.539. The number of carboxylic acid groups (broad SMARTS) is 1. The Bertz CT molecular complexity index is 218. The van der Waals surface area contributed by atoms with E-state index in [0.717, 1.165) is 0 Å². The lowest BCUT2D eigenvalue weighted by atomic mass is 10.7. The molecule has 0 aromatic carbocycles. The molecule has 0 aliphatic carbocycles. The molecule has 0 bridgehead atoms. The van der Waals surface area contributed by atoms with E-state index < -0.39 is 25.8 Å². The highest BCUT2D eigenvalue weighted by Crippen LogP contribution is 2.34. The van der Waals surface area contributed by atoms with Crippen LogP contribution < -0.4 is 5.32 Å². The molecular formula is C3H6NO6P. The summed E-state index contributed by atoms with van der Waals surface area (Å²) in [5.74, 6) is -1.37. The maximum absolute atomic E-state index is 10.2. The smallest absolute Gasteiger partial charge is 0.413 e. The van der Waals surface area contributed by atoms with Gasteiger partial charge in [0.15, 0.2) is 0 Å². The number of hydrogen-bond acceptors (Lipinski definition) is 3. The Kier molecular flexibility index (Phi) is 3.18. The normalized spacial score (nSPS) is 10.7. The summed E-state index contributed by atoms with van der Waals surface area (Å²) >= 11 is 0. The number of nitrogens with one attached hydrogen (secondary N) is 1. The number of carboxylic acids is 1. The lowest BCUT2D eigenvalue weighted by Gasteiger charge is -2.01.